The smallest absolute Gasteiger partial charge is 0.338 e. The summed E-state index contributed by atoms with van der Waals surface area (Å²) in [5, 5.41) is 0. The highest BCUT2D eigenvalue weighted by Crippen LogP contribution is 2.44. The number of fused-ring (bicyclic) bond motifs is 1. The van der Waals surface area contributed by atoms with Crippen molar-refractivity contribution in [2.24, 2.45) is 17.3 Å². The molecule has 0 radical (unpaired) electrons. The summed E-state index contributed by atoms with van der Waals surface area (Å²) in [5.41, 5.74) is 0.195. The molecular formula is C24H28O5. The molecule has 2 aliphatic carbocycles. The molecule has 0 amide bonds. The Balaban J connectivity index is 1.50. The van der Waals surface area contributed by atoms with E-state index in [0.29, 0.717) is 18.4 Å². The maximum Gasteiger partial charge on any atom is 0.338 e. The SMILES string of the molecule is CC1(C(=O)C=C[C@@H]2[C@H]3CC(=O)O[C@H]3C[C@H]2OC(=O)c2ccccc2)CCCCC1. The molecule has 0 spiro atoms. The molecule has 5 heteroatoms. The first-order valence-electron chi connectivity index (χ1n) is 10.6. The molecule has 3 aliphatic rings. The van der Waals surface area contributed by atoms with Crippen LogP contribution in [0.4, 0.5) is 0 Å². The third kappa shape index (κ3) is 4.14. The normalized spacial score (nSPS) is 30.7. The van der Waals surface area contributed by atoms with Crippen LogP contribution in [0.1, 0.15) is 62.2 Å². The molecular weight excluding hydrogens is 368 g/mol. The Morgan fingerprint density at radius 3 is 2.59 bits per heavy atom. The lowest BCUT2D eigenvalue weighted by Gasteiger charge is -2.31. The van der Waals surface area contributed by atoms with Gasteiger partial charge in [0.05, 0.1) is 12.0 Å². The van der Waals surface area contributed by atoms with E-state index in [1.165, 1.54) is 6.42 Å². The van der Waals surface area contributed by atoms with Gasteiger partial charge in [0.2, 0.25) is 0 Å². The number of hydrogen-bond acceptors (Lipinski definition) is 5. The second-order valence-electron chi connectivity index (χ2n) is 8.86. The molecule has 4 atom stereocenters. The van der Waals surface area contributed by atoms with Crippen LogP contribution < -0.4 is 0 Å². The summed E-state index contributed by atoms with van der Waals surface area (Å²) >= 11 is 0. The van der Waals surface area contributed by atoms with Crippen LogP contribution in [0, 0.1) is 17.3 Å². The molecule has 2 saturated carbocycles. The van der Waals surface area contributed by atoms with Gasteiger partial charge in [-0.25, -0.2) is 4.79 Å². The summed E-state index contributed by atoms with van der Waals surface area (Å²) in [5.74, 6) is -0.684. The van der Waals surface area contributed by atoms with Crippen molar-refractivity contribution < 1.29 is 23.9 Å². The first kappa shape index (κ1) is 19.9. The van der Waals surface area contributed by atoms with Gasteiger partial charge in [0, 0.05) is 23.7 Å². The minimum atomic E-state index is -0.394. The second kappa shape index (κ2) is 8.13. The van der Waals surface area contributed by atoms with E-state index in [2.05, 4.69) is 0 Å². The van der Waals surface area contributed by atoms with Crippen LogP contribution in [-0.4, -0.2) is 29.9 Å². The average Bonchev–Trinajstić information content (AvgIpc) is 3.23. The summed E-state index contributed by atoms with van der Waals surface area (Å²) < 4.78 is 11.2. The van der Waals surface area contributed by atoms with Crippen molar-refractivity contribution in [2.75, 3.05) is 0 Å². The molecule has 0 bridgehead atoms. The fourth-order valence-electron chi connectivity index (χ4n) is 5.05. The van der Waals surface area contributed by atoms with Gasteiger partial charge < -0.3 is 9.47 Å². The van der Waals surface area contributed by atoms with E-state index in [9.17, 15) is 14.4 Å². The summed E-state index contributed by atoms with van der Waals surface area (Å²) in [4.78, 5) is 37.2. The molecule has 1 aromatic carbocycles. The van der Waals surface area contributed by atoms with Crippen molar-refractivity contribution in [1.82, 2.24) is 0 Å². The molecule has 0 aromatic heterocycles. The van der Waals surface area contributed by atoms with E-state index in [1.807, 2.05) is 19.1 Å². The maximum atomic E-state index is 12.9. The molecule has 29 heavy (non-hydrogen) atoms. The number of allylic oxidation sites excluding steroid dienone is 1. The van der Waals surface area contributed by atoms with E-state index in [1.54, 1.807) is 30.3 Å². The Labute approximate surface area is 171 Å². The van der Waals surface area contributed by atoms with Gasteiger partial charge >= 0.3 is 11.9 Å². The zero-order valence-electron chi connectivity index (χ0n) is 16.8. The van der Waals surface area contributed by atoms with Gasteiger partial charge in [-0.2, -0.15) is 0 Å². The zero-order valence-corrected chi connectivity index (χ0v) is 16.8. The second-order valence-corrected chi connectivity index (χ2v) is 8.86. The van der Waals surface area contributed by atoms with E-state index < -0.39 is 6.10 Å². The number of ether oxygens (including phenoxy) is 2. The lowest BCUT2D eigenvalue weighted by molar-refractivity contribution is -0.141. The quantitative estimate of drug-likeness (QED) is 0.549. The van der Waals surface area contributed by atoms with Crippen LogP contribution in [0.2, 0.25) is 0 Å². The van der Waals surface area contributed by atoms with Crippen molar-refractivity contribution in [3.05, 3.63) is 48.0 Å². The minimum absolute atomic E-state index is 0.0423. The molecule has 1 heterocycles. The molecule has 0 N–H and O–H groups in total. The van der Waals surface area contributed by atoms with Crippen LogP contribution >= 0.6 is 0 Å². The highest BCUT2D eigenvalue weighted by atomic mass is 16.6. The van der Waals surface area contributed by atoms with Gasteiger partial charge in [0.25, 0.3) is 0 Å². The van der Waals surface area contributed by atoms with Gasteiger partial charge in [0.1, 0.15) is 12.2 Å². The lowest BCUT2D eigenvalue weighted by atomic mass is 9.72. The van der Waals surface area contributed by atoms with Gasteiger partial charge in [0.15, 0.2) is 5.78 Å². The molecule has 5 nitrogen and oxygen atoms in total. The highest BCUT2D eigenvalue weighted by molar-refractivity contribution is 5.94. The topological polar surface area (TPSA) is 69.7 Å². The molecule has 1 saturated heterocycles. The Kier molecular flexibility index (Phi) is 5.57. The summed E-state index contributed by atoms with van der Waals surface area (Å²) in [7, 11) is 0. The van der Waals surface area contributed by atoms with Crippen LogP contribution in [0.5, 0.6) is 0 Å². The summed E-state index contributed by atoms with van der Waals surface area (Å²) in [6, 6.07) is 8.87. The minimum Gasteiger partial charge on any atom is -0.462 e. The van der Waals surface area contributed by atoms with E-state index in [-0.39, 0.29) is 41.1 Å². The Hall–Kier alpha value is -2.43. The fourth-order valence-corrected chi connectivity index (χ4v) is 5.05. The van der Waals surface area contributed by atoms with Gasteiger partial charge in [-0.05, 0) is 31.1 Å². The molecule has 1 aromatic rings. The van der Waals surface area contributed by atoms with Gasteiger partial charge in [-0.1, -0.05) is 50.5 Å². The molecule has 0 unspecified atom stereocenters. The number of benzene rings is 1. The summed E-state index contributed by atoms with van der Waals surface area (Å²) in [6.07, 6.45) is 8.90. The Bertz CT molecular complexity index is 806. The van der Waals surface area contributed by atoms with Gasteiger partial charge in [-0.15, -0.1) is 0 Å². The fraction of sp³-hybridized carbons (Fsp3) is 0.542. The van der Waals surface area contributed by atoms with Crippen molar-refractivity contribution in [2.45, 2.75) is 64.1 Å². The van der Waals surface area contributed by atoms with Crippen LogP contribution in [0.15, 0.2) is 42.5 Å². The Morgan fingerprint density at radius 1 is 1.14 bits per heavy atom. The largest absolute Gasteiger partial charge is 0.462 e. The standard InChI is InChI=1S/C24H28O5/c1-24(12-6-3-7-13-24)21(25)11-10-17-18-14-22(26)28-20(18)15-19(17)29-23(27)16-8-4-2-5-9-16/h2,4-5,8-11,17-20H,3,6-7,12-15H2,1H3/t17-,18-,19-,20+/m1/s1. The number of carbonyl (C=O) groups excluding carboxylic acids is 3. The first-order valence-corrected chi connectivity index (χ1v) is 10.6. The molecule has 3 fully saturated rings. The number of carbonyl (C=O) groups is 3. The average molecular weight is 396 g/mol. The third-order valence-corrected chi connectivity index (χ3v) is 6.84. The van der Waals surface area contributed by atoms with Gasteiger partial charge in [-0.3, -0.25) is 9.59 Å². The van der Waals surface area contributed by atoms with Crippen molar-refractivity contribution in [3.63, 3.8) is 0 Å². The highest BCUT2D eigenvalue weighted by Gasteiger charge is 2.51. The number of rotatable bonds is 5. The van der Waals surface area contributed by atoms with E-state index in [4.69, 9.17) is 9.47 Å². The molecule has 4 rings (SSSR count). The summed E-state index contributed by atoms with van der Waals surface area (Å²) in [6.45, 7) is 2.05. The molecule has 154 valence electrons. The predicted octanol–water partition coefficient (Wildman–Crippen LogP) is 4.26. The maximum absolute atomic E-state index is 12.9. The van der Waals surface area contributed by atoms with Crippen molar-refractivity contribution in [1.29, 1.82) is 0 Å². The van der Waals surface area contributed by atoms with Crippen molar-refractivity contribution in [3.8, 4) is 0 Å². The zero-order chi connectivity index (χ0) is 20.4. The third-order valence-electron chi connectivity index (χ3n) is 6.84. The van der Waals surface area contributed by atoms with E-state index >= 15 is 0 Å². The van der Waals surface area contributed by atoms with Crippen LogP contribution in [0.3, 0.4) is 0 Å². The molecule has 1 aliphatic heterocycles. The van der Waals surface area contributed by atoms with Crippen molar-refractivity contribution >= 4 is 17.7 Å². The number of ketones is 1. The first-order chi connectivity index (χ1) is 14.0. The monoisotopic (exact) mass is 396 g/mol. The van der Waals surface area contributed by atoms with E-state index in [0.717, 1.165) is 25.7 Å². The lowest BCUT2D eigenvalue weighted by Crippen LogP contribution is -2.29. The number of esters is 2. The van der Waals surface area contributed by atoms with Crippen LogP contribution in [0.25, 0.3) is 0 Å². The predicted molar refractivity (Wildman–Crippen MR) is 107 cm³/mol. The van der Waals surface area contributed by atoms with Crippen LogP contribution in [-0.2, 0) is 19.1 Å². The Morgan fingerprint density at radius 2 is 1.86 bits per heavy atom. The number of hydrogen-bond donors (Lipinski definition) is 0.